The fourth-order valence-corrected chi connectivity index (χ4v) is 4.12. The fourth-order valence-electron chi connectivity index (χ4n) is 2.73. The minimum atomic E-state index is -1.83. The molecule has 108 valence electrons. The van der Waals surface area contributed by atoms with E-state index in [0.717, 1.165) is 24.9 Å². The van der Waals surface area contributed by atoms with E-state index in [1.807, 2.05) is 0 Å². The lowest BCUT2D eigenvalue weighted by Crippen LogP contribution is -2.36. The molecule has 1 rings (SSSR count). The van der Waals surface area contributed by atoms with Crippen molar-refractivity contribution in [3.63, 3.8) is 0 Å². The Bertz CT molecular complexity index is 204. The van der Waals surface area contributed by atoms with Gasteiger partial charge in [0, 0.05) is 14.2 Å². The molecule has 3 nitrogen and oxygen atoms in total. The van der Waals surface area contributed by atoms with E-state index in [0.29, 0.717) is 0 Å². The summed E-state index contributed by atoms with van der Waals surface area (Å²) in [6.45, 7) is 4.42. The maximum atomic E-state index is 5.48. The van der Waals surface area contributed by atoms with E-state index >= 15 is 0 Å². The van der Waals surface area contributed by atoms with E-state index in [-0.39, 0.29) is 0 Å². The molecular weight excluding hydrogens is 242 g/mol. The molecule has 0 heterocycles. The summed E-state index contributed by atoms with van der Waals surface area (Å²) in [5, 5.41) is 3.56. The molecule has 0 spiro atoms. The average Bonchev–Trinajstić information content (AvgIpc) is 2.43. The third-order valence-corrected chi connectivity index (χ3v) is 7.29. The average molecular weight is 273 g/mol. The zero-order valence-electron chi connectivity index (χ0n) is 12.5. The third-order valence-electron chi connectivity index (χ3n) is 4.30. The Balaban J connectivity index is 1.95. The predicted octanol–water partition coefficient (Wildman–Crippen LogP) is 3.30. The van der Waals surface area contributed by atoms with Crippen LogP contribution in [-0.4, -0.2) is 35.9 Å². The maximum absolute atomic E-state index is 5.48. The number of rotatable bonds is 9. The first-order valence-corrected chi connectivity index (χ1v) is 10.0. The van der Waals surface area contributed by atoms with Crippen LogP contribution in [0.2, 0.25) is 12.6 Å². The summed E-state index contributed by atoms with van der Waals surface area (Å²) in [7, 11) is 1.71. The number of nitrogens with one attached hydrogen (secondary N) is 1. The Morgan fingerprint density at radius 3 is 2.33 bits per heavy atom. The van der Waals surface area contributed by atoms with E-state index in [9.17, 15) is 0 Å². The summed E-state index contributed by atoms with van der Waals surface area (Å²) >= 11 is 0. The van der Waals surface area contributed by atoms with Crippen LogP contribution in [0.5, 0.6) is 0 Å². The van der Waals surface area contributed by atoms with Crippen molar-refractivity contribution in [2.75, 3.05) is 27.3 Å². The molecular formula is C14H31NO2Si. The molecule has 0 aromatic rings. The molecule has 0 saturated heterocycles. The highest BCUT2D eigenvalue weighted by Crippen LogP contribution is 2.25. The SMILES string of the molecule is CO[Si](C)(CCCNCCC1CCCCC1)OC. The Kier molecular flexibility index (Phi) is 8.14. The van der Waals surface area contributed by atoms with Gasteiger partial charge in [0.05, 0.1) is 0 Å². The van der Waals surface area contributed by atoms with Gasteiger partial charge >= 0.3 is 8.56 Å². The van der Waals surface area contributed by atoms with Gasteiger partial charge < -0.3 is 14.2 Å². The Morgan fingerprint density at radius 2 is 1.72 bits per heavy atom. The van der Waals surface area contributed by atoms with E-state index < -0.39 is 8.56 Å². The molecule has 0 bridgehead atoms. The second kappa shape index (κ2) is 9.07. The van der Waals surface area contributed by atoms with E-state index in [1.165, 1.54) is 45.1 Å². The quantitative estimate of drug-likeness (QED) is 0.516. The first-order valence-electron chi connectivity index (χ1n) is 7.51. The molecule has 0 aromatic carbocycles. The van der Waals surface area contributed by atoms with Gasteiger partial charge in [0.25, 0.3) is 0 Å². The zero-order chi connectivity index (χ0) is 13.3. The minimum absolute atomic E-state index is 0.990. The van der Waals surface area contributed by atoms with Crippen molar-refractivity contribution in [3.8, 4) is 0 Å². The van der Waals surface area contributed by atoms with Gasteiger partial charge in [0.2, 0.25) is 0 Å². The lowest BCUT2D eigenvalue weighted by atomic mass is 9.87. The van der Waals surface area contributed by atoms with Crippen LogP contribution in [0.1, 0.15) is 44.9 Å². The molecule has 1 fully saturated rings. The molecule has 0 atom stereocenters. The zero-order valence-corrected chi connectivity index (χ0v) is 13.5. The molecule has 0 aromatic heterocycles. The minimum Gasteiger partial charge on any atom is -0.398 e. The fraction of sp³-hybridized carbons (Fsp3) is 1.00. The summed E-state index contributed by atoms with van der Waals surface area (Å²) in [5.41, 5.74) is 0. The second-order valence-electron chi connectivity index (χ2n) is 5.69. The smallest absolute Gasteiger partial charge is 0.334 e. The van der Waals surface area contributed by atoms with Crippen molar-refractivity contribution in [1.29, 1.82) is 0 Å². The Morgan fingerprint density at radius 1 is 1.06 bits per heavy atom. The topological polar surface area (TPSA) is 30.5 Å². The highest BCUT2D eigenvalue weighted by molar-refractivity contribution is 6.65. The molecule has 0 unspecified atom stereocenters. The van der Waals surface area contributed by atoms with Crippen molar-refractivity contribution in [2.45, 2.75) is 57.5 Å². The van der Waals surface area contributed by atoms with E-state index in [1.54, 1.807) is 14.2 Å². The van der Waals surface area contributed by atoms with Gasteiger partial charge in [-0.25, -0.2) is 0 Å². The summed E-state index contributed by atoms with van der Waals surface area (Å²) in [5.74, 6) is 0.990. The van der Waals surface area contributed by atoms with Crippen LogP contribution in [0.25, 0.3) is 0 Å². The van der Waals surface area contributed by atoms with E-state index in [4.69, 9.17) is 8.85 Å². The molecule has 1 saturated carbocycles. The molecule has 1 aliphatic rings. The van der Waals surface area contributed by atoms with E-state index in [2.05, 4.69) is 11.9 Å². The van der Waals surface area contributed by atoms with Gasteiger partial charge in [-0.3, -0.25) is 0 Å². The Labute approximate surface area is 114 Å². The van der Waals surface area contributed by atoms with Crippen LogP contribution >= 0.6 is 0 Å². The summed E-state index contributed by atoms with van der Waals surface area (Å²) < 4.78 is 11.0. The lowest BCUT2D eigenvalue weighted by Gasteiger charge is -2.23. The van der Waals surface area contributed by atoms with Crippen LogP contribution in [0.4, 0.5) is 0 Å². The summed E-state index contributed by atoms with van der Waals surface area (Å²) in [6.07, 6.45) is 9.81. The van der Waals surface area contributed by atoms with Crippen LogP contribution in [-0.2, 0) is 8.85 Å². The van der Waals surface area contributed by atoms with Crippen LogP contribution in [0, 0.1) is 5.92 Å². The molecule has 4 heteroatoms. The van der Waals surface area contributed by atoms with Crippen LogP contribution in [0.3, 0.4) is 0 Å². The normalized spacial score (nSPS) is 18.2. The van der Waals surface area contributed by atoms with Crippen LogP contribution < -0.4 is 5.32 Å². The van der Waals surface area contributed by atoms with Crippen molar-refractivity contribution >= 4 is 8.56 Å². The van der Waals surface area contributed by atoms with Crippen molar-refractivity contribution in [2.24, 2.45) is 5.92 Å². The monoisotopic (exact) mass is 273 g/mol. The molecule has 0 amide bonds. The van der Waals surface area contributed by atoms with Crippen molar-refractivity contribution in [1.82, 2.24) is 5.32 Å². The lowest BCUT2D eigenvalue weighted by molar-refractivity contribution is 0.248. The predicted molar refractivity (Wildman–Crippen MR) is 79.1 cm³/mol. The summed E-state index contributed by atoms with van der Waals surface area (Å²) in [4.78, 5) is 0. The first-order chi connectivity index (χ1) is 8.70. The molecule has 1 N–H and O–H groups in total. The highest BCUT2D eigenvalue weighted by atomic mass is 28.4. The second-order valence-corrected chi connectivity index (χ2v) is 9.27. The highest BCUT2D eigenvalue weighted by Gasteiger charge is 2.27. The largest absolute Gasteiger partial charge is 0.398 e. The van der Waals surface area contributed by atoms with Crippen molar-refractivity contribution in [3.05, 3.63) is 0 Å². The van der Waals surface area contributed by atoms with Crippen LogP contribution in [0.15, 0.2) is 0 Å². The molecule has 1 aliphatic carbocycles. The van der Waals surface area contributed by atoms with Gasteiger partial charge in [-0.1, -0.05) is 32.1 Å². The van der Waals surface area contributed by atoms with Gasteiger partial charge in [0.15, 0.2) is 0 Å². The third kappa shape index (κ3) is 6.32. The summed E-state index contributed by atoms with van der Waals surface area (Å²) in [6, 6.07) is 1.08. The Hall–Kier alpha value is 0.0969. The van der Waals surface area contributed by atoms with Gasteiger partial charge in [0.1, 0.15) is 0 Å². The van der Waals surface area contributed by atoms with Crippen molar-refractivity contribution < 1.29 is 8.85 Å². The maximum Gasteiger partial charge on any atom is 0.334 e. The first kappa shape index (κ1) is 16.2. The number of hydrogen-bond donors (Lipinski definition) is 1. The standard InChI is InChI=1S/C14H31NO2Si/c1-16-18(3,17-2)13-7-11-15-12-10-14-8-5-4-6-9-14/h14-15H,4-13H2,1-3H3. The van der Waals surface area contributed by atoms with Gasteiger partial charge in [-0.2, -0.15) is 0 Å². The molecule has 0 radical (unpaired) electrons. The molecule has 18 heavy (non-hydrogen) atoms. The molecule has 0 aliphatic heterocycles. The van der Waals surface area contributed by atoms with Gasteiger partial charge in [-0.15, -0.1) is 0 Å². The number of hydrogen-bond acceptors (Lipinski definition) is 3. The van der Waals surface area contributed by atoms with Gasteiger partial charge in [-0.05, 0) is 44.4 Å².